The molecule has 4 rings (SSSR count). The Balaban J connectivity index is 1.75. The number of hydrogen-bond acceptors (Lipinski definition) is 2. The molecule has 1 aliphatic heterocycles. The summed E-state index contributed by atoms with van der Waals surface area (Å²) in [6.45, 7) is 6.40. The van der Waals surface area contributed by atoms with Crippen LogP contribution in [0.1, 0.15) is 53.6 Å². The molecule has 0 saturated carbocycles. The van der Waals surface area contributed by atoms with Crippen molar-refractivity contribution in [2.45, 2.75) is 45.2 Å². The summed E-state index contributed by atoms with van der Waals surface area (Å²) in [5.41, 5.74) is 5.49. The average molecular weight is 358 g/mol. The molecule has 0 N–H and O–H groups in total. The van der Waals surface area contributed by atoms with Gasteiger partial charge in [-0.05, 0) is 31.9 Å². The zero-order valence-corrected chi connectivity index (χ0v) is 16.2. The third-order valence-electron chi connectivity index (χ3n) is 5.34. The van der Waals surface area contributed by atoms with Crippen molar-refractivity contribution in [3.63, 3.8) is 0 Å². The van der Waals surface area contributed by atoms with Gasteiger partial charge in [0, 0.05) is 12.0 Å². The minimum Gasteiger partial charge on any atom is -0.340 e. The summed E-state index contributed by atoms with van der Waals surface area (Å²) in [4.78, 5) is 0. The number of ether oxygens (including phenoxy) is 2. The highest BCUT2D eigenvalue weighted by molar-refractivity contribution is 5.29. The van der Waals surface area contributed by atoms with Crippen molar-refractivity contribution in [3.8, 4) is 0 Å². The summed E-state index contributed by atoms with van der Waals surface area (Å²) >= 11 is 0. The van der Waals surface area contributed by atoms with Crippen LogP contribution in [-0.4, -0.2) is 0 Å². The molecular weight excluding hydrogens is 332 g/mol. The van der Waals surface area contributed by atoms with Crippen molar-refractivity contribution in [1.82, 2.24) is 0 Å². The van der Waals surface area contributed by atoms with Gasteiger partial charge in [-0.1, -0.05) is 90.0 Å². The van der Waals surface area contributed by atoms with Crippen LogP contribution in [0.25, 0.3) is 0 Å². The molecule has 1 heterocycles. The third-order valence-corrected chi connectivity index (χ3v) is 5.34. The summed E-state index contributed by atoms with van der Waals surface area (Å²) in [6.07, 6.45) is 0.367. The molecule has 1 fully saturated rings. The first-order valence-corrected chi connectivity index (χ1v) is 9.55. The van der Waals surface area contributed by atoms with Gasteiger partial charge >= 0.3 is 0 Å². The maximum atomic E-state index is 6.56. The topological polar surface area (TPSA) is 18.5 Å². The molecule has 3 aromatic rings. The van der Waals surface area contributed by atoms with Crippen LogP contribution >= 0.6 is 0 Å². The summed E-state index contributed by atoms with van der Waals surface area (Å²) in [5, 5.41) is 0. The van der Waals surface area contributed by atoms with Gasteiger partial charge < -0.3 is 9.47 Å². The van der Waals surface area contributed by atoms with E-state index in [1.165, 1.54) is 22.3 Å². The van der Waals surface area contributed by atoms with E-state index in [0.29, 0.717) is 0 Å². The van der Waals surface area contributed by atoms with Crippen LogP contribution in [0.15, 0.2) is 78.9 Å². The molecule has 1 saturated heterocycles. The van der Waals surface area contributed by atoms with Crippen molar-refractivity contribution in [2.24, 2.45) is 0 Å². The molecule has 0 unspecified atom stereocenters. The van der Waals surface area contributed by atoms with Gasteiger partial charge in [0.2, 0.25) is 0 Å². The first kappa shape index (κ1) is 18.0. The molecule has 0 amide bonds. The number of benzene rings is 3. The van der Waals surface area contributed by atoms with E-state index in [2.05, 4.69) is 93.6 Å². The fourth-order valence-electron chi connectivity index (χ4n) is 3.87. The molecule has 1 aliphatic rings. The second kappa shape index (κ2) is 7.30. The van der Waals surface area contributed by atoms with Crippen LogP contribution in [0.5, 0.6) is 0 Å². The molecule has 3 atom stereocenters. The number of hydrogen-bond donors (Lipinski definition) is 0. The smallest absolute Gasteiger partial charge is 0.185 e. The van der Waals surface area contributed by atoms with Gasteiger partial charge in [-0.2, -0.15) is 0 Å². The normalized spacial score (nSPS) is 25.3. The van der Waals surface area contributed by atoms with Gasteiger partial charge in [0.25, 0.3) is 0 Å². The quantitative estimate of drug-likeness (QED) is 0.539. The lowest BCUT2D eigenvalue weighted by molar-refractivity contribution is -0.290. The highest BCUT2D eigenvalue weighted by Gasteiger charge is 2.41. The van der Waals surface area contributed by atoms with Gasteiger partial charge in [-0.15, -0.1) is 0 Å². The van der Waals surface area contributed by atoms with Crippen LogP contribution in [-0.2, 0) is 15.1 Å². The van der Waals surface area contributed by atoms with Gasteiger partial charge in [0.1, 0.15) is 0 Å². The lowest BCUT2D eigenvalue weighted by Gasteiger charge is -2.43. The fraction of sp³-hybridized carbons (Fsp3) is 0.280. The molecule has 2 nitrogen and oxygen atoms in total. The monoisotopic (exact) mass is 358 g/mol. The molecule has 0 aliphatic carbocycles. The molecule has 0 spiro atoms. The van der Waals surface area contributed by atoms with E-state index >= 15 is 0 Å². The Hall–Kier alpha value is -2.42. The molecular formula is C25H26O2. The van der Waals surface area contributed by atoms with E-state index in [1.807, 2.05) is 6.07 Å². The number of rotatable bonds is 3. The standard InChI is InChI=1S/C25H26O2/c1-18-9-7-11-20(15-18)23-17-25(3,22-13-5-4-6-14-22)27-24(26-23)21-12-8-10-19(2)16-21/h4-16,23-24H,17H2,1-3H3/t23-,24+,25+/m0/s1. The Morgan fingerprint density at radius 3 is 2.07 bits per heavy atom. The predicted molar refractivity (Wildman–Crippen MR) is 108 cm³/mol. The minimum atomic E-state index is -0.414. The molecule has 0 aromatic heterocycles. The van der Waals surface area contributed by atoms with Crippen LogP contribution in [0.3, 0.4) is 0 Å². The van der Waals surface area contributed by atoms with Crippen molar-refractivity contribution < 1.29 is 9.47 Å². The Kier molecular flexibility index (Phi) is 4.86. The summed E-state index contributed by atoms with van der Waals surface area (Å²) in [7, 11) is 0. The number of aryl methyl sites for hydroxylation is 2. The zero-order chi connectivity index (χ0) is 18.9. The van der Waals surface area contributed by atoms with Crippen LogP contribution in [0.2, 0.25) is 0 Å². The van der Waals surface area contributed by atoms with Gasteiger partial charge in [0.05, 0.1) is 11.7 Å². The Morgan fingerprint density at radius 2 is 1.41 bits per heavy atom. The third kappa shape index (κ3) is 3.83. The fourth-order valence-corrected chi connectivity index (χ4v) is 3.87. The van der Waals surface area contributed by atoms with Crippen molar-refractivity contribution in [3.05, 3.63) is 107 Å². The maximum absolute atomic E-state index is 6.56. The average Bonchev–Trinajstić information content (AvgIpc) is 2.68. The Bertz CT molecular complexity index is 863. The summed E-state index contributed by atoms with van der Waals surface area (Å²) in [5.74, 6) is 0. The molecule has 0 bridgehead atoms. The van der Waals surface area contributed by atoms with E-state index < -0.39 is 11.9 Å². The van der Waals surface area contributed by atoms with Gasteiger partial charge in [-0.3, -0.25) is 0 Å². The second-order valence-electron chi connectivity index (χ2n) is 7.70. The lowest BCUT2D eigenvalue weighted by Crippen LogP contribution is -2.37. The van der Waals surface area contributed by atoms with Crippen molar-refractivity contribution in [2.75, 3.05) is 0 Å². The van der Waals surface area contributed by atoms with Gasteiger partial charge in [0.15, 0.2) is 6.29 Å². The largest absolute Gasteiger partial charge is 0.340 e. The van der Waals surface area contributed by atoms with E-state index in [0.717, 1.165) is 12.0 Å². The maximum Gasteiger partial charge on any atom is 0.185 e. The highest BCUT2D eigenvalue weighted by atomic mass is 16.7. The van der Waals surface area contributed by atoms with E-state index in [4.69, 9.17) is 9.47 Å². The Morgan fingerprint density at radius 1 is 0.778 bits per heavy atom. The summed E-state index contributed by atoms with van der Waals surface area (Å²) < 4.78 is 13.0. The molecule has 27 heavy (non-hydrogen) atoms. The van der Waals surface area contributed by atoms with Crippen LogP contribution < -0.4 is 0 Å². The molecule has 3 aromatic carbocycles. The van der Waals surface area contributed by atoms with Gasteiger partial charge in [-0.25, -0.2) is 0 Å². The minimum absolute atomic E-state index is 0.0191. The lowest BCUT2D eigenvalue weighted by atomic mass is 9.86. The second-order valence-corrected chi connectivity index (χ2v) is 7.70. The van der Waals surface area contributed by atoms with E-state index in [-0.39, 0.29) is 6.10 Å². The highest BCUT2D eigenvalue weighted by Crippen LogP contribution is 2.47. The van der Waals surface area contributed by atoms with E-state index in [9.17, 15) is 0 Å². The van der Waals surface area contributed by atoms with Crippen molar-refractivity contribution >= 4 is 0 Å². The zero-order valence-electron chi connectivity index (χ0n) is 16.2. The van der Waals surface area contributed by atoms with E-state index in [1.54, 1.807) is 0 Å². The molecule has 138 valence electrons. The molecule has 0 radical (unpaired) electrons. The molecule has 2 heteroatoms. The first-order valence-electron chi connectivity index (χ1n) is 9.55. The van der Waals surface area contributed by atoms with Crippen molar-refractivity contribution in [1.29, 1.82) is 0 Å². The Labute approximate surface area is 161 Å². The van der Waals surface area contributed by atoms with Crippen LogP contribution in [0.4, 0.5) is 0 Å². The SMILES string of the molecule is Cc1cccc([C@@H]2O[C@H](c3cccc(C)c3)C[C@](C)(c3ccccc3)O2)c1. The predicted octanol–water partition coefficient (Wildman–Crippen LogP) is 6.40. The van der Waals surface area contributed by atoms with Crippen LogP contribution in [0, 0.1) is 13.8 Å². The summed E-state index contributed by atoms with van der Waals surface area (Å²) in [6, 6.07) is 27.5. The first-order chi connectivity index (χ1) is 13.0.